The lowest BCUT2D eigenvalue weighted by Gasteiger charge is -2.15. The van der Waals surface area contributed by atoms with Crippen molar-refractivity contribution in [3.05, 3.63) is 169 Å². The van der Waals surface area contributed by atoms with Gasteiger partial charge in [0, 0.05) is 0 Å². The fourth-order valence-corrected chi connectivity index (χ4v) is 11.6. The minimum atomic E-state index is 0.169. The molecule has 0 nitrogen and oxygen atoms in total. The van der Waals surface area contributed by atoms with Gasteiger partial charge in [0.05, 0.1) is 0 Å². The fraction of sp³-hybridized carbons (Fsp3) is 0.258. The summed E-state index contributed by atoms with van der Waals surface area (Å²) < 4.78 is 0. The number of hydrogen-bond acceptors (Lipinski definition) is 0. The van der Waals surface area contributed by atoms with E-state index in [1.54, 1.807) is 0 Å². The molecule has 0 amide bonds. The molecule has 64 heavy (non-hydrogen) atoms. The predicted octanol–water partition coefficient (Wildman–Crippen LogP) is 13.1. The van der Waals surface area contributed by atoms with E-state index in [9.17, 15) is 0 Å². The molecule has 0 bridgehead atoms. The molecule has 0 saturated carbocycles. The number of benzene rings is 9. The summed E-state index contributed by atoms with van der Waals surface area (Å²) in [4.78, 5) is 0. The van der Waals surface area contributed by atoms with Gasteiger partial charge in [-0.05, 0) is 139 Å². The van der Waals surface area contributed by atoms with Crippen LogP contribution in [0, 0.1) is 0 Å². The quantitative estimate of drug-likeness (QED) is 0.0517. The van der Waals surface area contributed by atoms with E-state index >= 15 is 0 Å². The molecule has 2 heterocycles. The molecule has 0 N–H and O–H groups in total. The number of hydrogen-bond donors (Lipinski definition) is 0. The maximum atomic E-state index is 2.62. The van der Waals surface area contributed by atoms with E-state index in [-0.39, 0.29) is 13.4 Å². The molecule has 0 saturated heterocycles. The van der Waals surface area contributed by atoms with E-state index in [1.807, 2.05) is 0 Å². The third-order valence-electron chi connectivity index (χ3n) is 15.1. The topological polar surface area (TPSA) is 0 Å². The largest absolute Gasteiger partial charge is 0.242 e. The van der Waals surface area contributed by atoms with E-state index in [0.717, 1.165) is 12.8 Å². The van der Waals surface area contributed by atoms with Crippen LogP contribution in [0.15, 0.2) is 158 Å². The summed E-state index contributed by atoms with van der Waals surface area (Å²) in [6.07, 6.45) is 18.3. The van der Waals surface area contributed by atoms with Crippen LogP contribution in [0.1, 0.15) is 102 Å². The minimum Gasteiger partial charge on any atom is -0.0686 e. The first-order valence-corrected chi connectivity index (χ1v) is 24.9. The van der Waals surface area contributed by atoms with Gasteiger partial charge in [-0.15, -0.1) is 0 Å². The van der Waals surface area contributed by atoms with Crippen molar-refractivity contribution in [2.75, 3.05) is 0 Å². The van der Waals surface area contributed by atoms with Crippen LogP contribution >= 0.6 is 0 Å². The molecule has 0 aliphatic carbocycles. The molecule has 0 radical (unpaired) electrons. The molecule has 0 unspecified atom stereocenters. The normalized spacial score (nSPS) is 12.7. The molecule has 314 valence electrons. The molecule has 9 aromatic carbocycles. The molecule has 9 aromatic rings. The Bertz CT molecular complexity index is 2920. The zero-order chi connectivity index (χ0) is 43.0. The second-order valence-corrected chi connectivity index (χ2v) is 19.4. The van der Waals surface area contributed by atoms with Gasteiger partial charge in [0.2, 0.25) is 13.4 Å². The highest BCUT2D eigenvalue weighted by Crippen LogP contribution is 2.35. The van der Waals surface area contributed by atoms with E-state index in [0.29, 0.717) is 0 Å². The van der Waals surface area contributed by atoms with Gasteiger partial charge in [-0.25, -0.2) is 0 Å². The molecule has 0 aromatic heterocycles. The maximum Gasteiger partial charge on any atom is 0.242 e. The maximum absolute atomic E-state index is 2.62. The third-order valence-corrected chi connectivity index (χ3v) is 15.1. The lowest BCUT2D eigenvalue weighted by Crippen LogP contribution is -2.50. The average molecular weight is 827 g/mol. The number of rotatable bonds is 16. The Morgan fingerprint density at radius 2 is 0.594 bits per heavy atom. The third kappa shape index (κ3) is 7.78. The number of unbranched alkanes of at least 4 members (excludes halogenated alkanes) is 10. The smallest absolute Gasteiger partial charge is 0.0686 e. The SMILES string of the molecule is CCCCCCCCc1ccc(B2c3cc4c(cc3-c3cc5cc6ccccc6cc5cc32)B(c2ccc(CCCCCCCC)cc2)c2cc3cc5ccccc5cc3cc2-4)cc1. The summed E-state index contributed by atoms with van der Waals surface area (Å²) in [7, 11) is 0. The fourth-order valence-electron chi connectivity index (χ4n) is 11.6. The first kappa shape index (κ1) is 40.9. The Kier molecular flexibility index (Phi) is 11.5. The highest BCUT2D eigenvalue weighted by Gasteiger charge is 2.40. The highest BCUT2D eigenvalue weighted by molar-refractivity contribution is 7.01. The van der Waals surface area contributed by atoms with Crippen LogP contribution in [-0.4, -0.2) is 13.4 Å². The summed E-state index contributed by atoms with van der Waals surface area (Å²) in [6, 6.07) is 62.2. The molecule has 0 atom stereocenters. The molecular formula is C62H60B2. The standard InChI is InChI=1S/C62H60B2/c1-3-5-7-9-11-13-19-43-25-29-53(30-26-43)63-59-39-51-35-47-23-17-15-21-45(47)33-49(51)37-55(59)57-42-62-58(41-61(57)63)56-38-50-34-46-22-16-18-24-48(46)36-52(50)40-60(56)64(62)54-31-27-44(28-32-54)20-14-12-10-8-6-4-2/h15-18,21-42H,3-14,19-20H2,1-2H3. The Morgan fingerprint density at radius 3 is 0.969 bits per heavy atom. The van der Waals surface area contributed by atoms with E-state index < -0.39 is 0 Å². The van der Waals surface area contributed by atoms with Crippen molar-refractivity contribution >= 4 is 89.3 Å². The second-order valence-electron chi connectivity index (χ2n) is 19.4. The highest BCUT2D eigenvalue weighted by atomic mass is 14.3. The second kappa shape index (κ2) is 18.0. The first-order chi connectivity index (χ1) is 31.6. The van der Waals surface area contributed by atoms with Crippen LogP contribution in [0.5, 0.6) is 0 Å². The van der Waals surface area contributed by atoms with Gasteiger partial charge < -0.3 is 0 Å². The summed E-state index contributed by atoms with van der Waals surface area (Å²) in [5.74, 6) is 0. The van der Waals surface area contributed by atoms with Crippen LogP contribution in [0.4, 0.5) is 0 Å². The lowest BCUT2D eigenvalue weighted by molar-refractivity contribution is 0.607. The van der Waals surface area contributed by atoms with Gasteiger partial charge in [-0.1, -0.05) is 232 Å². The van der Waals surface area contributed by atoms with Crippen LogP contribution in [0.2, 0.25) is 0 Å². The lowest BCUT2D eigenvalue weighted by atomic mass is 9.37. The summed E-state index contributed by atoms with van der Waals surface area (Å²) in [5, 5.41) is 10.5. The van der Waals surface area contributed by atoms with Gasteiger partial charge >= 0.3 is 0 Å². The first-order valence-electron chi connectivity index (χ1n) is 24.9. The van der Waals surface area contributed by atoms with Crippen LogP contribution in [0.3, 0.4) is 0 Å². The summed E-state index contributed by atoms with van der Waals surface area (Å²) >= 11 is 0. The van der Waals surface area contributed by atoms with Gasteiger partial charge in [0.1, 0.15) is 0 Å². The van der Waals surface area contributed by atoms with Crippen molar-refractivity contribution < 1.29 is 0 Å². The number of fused-ring (bicyclic) bond motifs is 10. The Hall–Kier alpha value is -5.85. The molecule has 0 spiro atoms. The number of aryl methyl sites for hydroxylation is 2. The molecule has 11 rings (SSSR count). The predicted molar refractivity (Wildman–Crippen MR) is 284 cm³/mol. The average Bonchev–Trinajstić information content (AvgIpc) is 3.80. The molecule has 0 fully saturated rings. The summed E-state index contributed by atoms with van der Waals surface area (Å²) in [5.41, 5.74) is 17.1. The van der Waals surface area contributed by atoms with Crippen LogP contribution in [-0.2, 0) is 12.8 Å². The molecular weight excluding hydrogens is 766 g/mol. The van der Waals surface area contributed by atoms with E-state index in [1.165, 1.54) is 186 Å². The Morgan fingerprint density at radius 1 is 0.281 bits per heavy atom. The van der Waals surface area contributed by atoms with E-state index in [4.69, 9.17) is 0 Å². The van der Waals surface area contributed by atoms with Gasteiger partial charge in [-0.2, -0.15) is 0 Å². The molecule has 2 aliphatic rings. The van der Waals surface area contributed by atoms with Gasteiger partial charge in [0.15, 0.2) is 0 Å². The Labute approximate surface area is 382 Å². The zero-order valence-corrected chi connectivity index (χ0v) is 38.1. The van der Waals surface area contributed by atoms with E-state index in [2.05, 4.69) is 172 Å². The van der Waals surface area contributed by atoms with Crippen molar-refractivity contribution in [3.8, 4) is 22.3 Å². The van der Waals surface area contributed by atoms with Crippen molar-refractivity contribution in [1.82, 2.24) is 0 Å². The minimum absolute atomic E-state index is 0.169. The summed E-state index contributed by atoms with van der Waals surface area (Å²) in [6.45, 7) is 4.94. The van der Waals surface area contributed by atoms with Crippen molar-refractivity contribution in [2.24, 2.45) is 0 Å². The van der Waals surface area contributed by atoms with Crippen molar-refractivity contribution in [2.45, 2.75) is 104 Å². The van der Waals surface area contributed by atoms with Gasteiger partial charge in [-0.3, -0.25) is 0 Å². The zero-order valence-electron chi connectivity index (χ0n) is 38.1. The molecule has 2 heteroatoms. The van der Waals surface area contributed by atoms with Crippen molar-refractivity contribution in [1.29, 1.82) is 0 Å². The van der Waals surface area contributed by atoms with Crippen LogP contribution < -0.4 is 32.8 Å². The van der Waals surface area contributed by atoms with Crippen LogP contribution in [0.25, 0.3) is 65.3 Å². The molecule has 2 aliphatic heterocycles. The Balaban J connectivity index is 1.03. The monoisotopic (exact) mass is 826 g/mol. The van der Waals surface area contributed by atoms with Gasteiger partial charge in [0.25, 0.3) is 0 Å². The van der Waals surface area contributed by atoms with Crippen molar-refractivity contribution in [3.63, 3.8) is 0 Å².